The van der Waals surface area contributed by atoms with Gasteiger partial charge >= 0.3 is 41.6 Å². The minimum atomic E-state index is -4.61. The van der Waals surface area contributed by atoms with Crippen molar-refractivity contribution in [3.63, 3.8) is 0 Å². The molecule has 0 fully saturated rings. The summed E-state index contributed by atoms with van der Waals surface area (Å²) in [7, 11) is -1.72. The molecule has 6 aromatic rings. The second-order valence-electron chi connectivity index (χ2n) is 10.4. The van der Waals surface area contributed by atoms with Gasteiger partial charge in [0.15, 0.2) is 0 Å². The van der Waals surface area contributed by atoms with Gasteiger partial charge in [-0.25, -0.2) is 0 Å². The zero-order valence-corrected chi connectivity index (χ0v) is 30.5. The van der Waals surface area contributed by atoms with E-state index in [4.69, 9.17) is 9.47 Å². The number of hydrogen-bond acceptors (Lipinski definition) is 14. The molecule has 0 amide bonds. The third-order valence-electron chi connectivity index (χ3n) is 6.82. The van der Waals surface area contributed by atoms with E-state index in [0.29, 0.717) is 17.3 Å². The largest absolute Gasteiger partial charge is 1.00 e. The van der Waals surface area contributed by atoms with Gasteiger partial charge in [0, 0.05) is 22.7 Å². The SMILES string of the molecule is COc1nc(Nc2ccccc2)nc(Nc2ccc(C=Cc3ccc(Nc4nc(Nc5ccccc5)nc(OC)n4)cc3S(=O)(=O)O)cc2)n1.[H-].[Na+]. The number of benzene rings is 4. The van der Waals surface area contributed by atoms with Crippen LogP contribution in [0.25, 0.3) is 12.2 Å². The molecule has 2 aromatic heterocycles. The summed E-state index contributed by atoms with van der Waals surface area (Å²) in [4.78, 5) is 25.4. The summed E-state index contributed by atoms with van der Waals surface area (Å²) in [5.74, 6) is 0.871. The number of aromatic nitrogens is 6. The Hall–Kier alpha value is -5.65. The fourth-order valence-corrected chi connectivity index (χ4v) is 5.23. The van der Waals surface area contributed by atoms with E-state index in [-0.39, 0.29) is 71.3 Å². The molecular weight excluding hydrogens is 683 g/mol. The average Bonchev–Trinajstić information content (AvgIpc) is 3.12. The monoisotopic (exact) mass is 714 g/mol. The Morgan fingerprint density at radius 1 is 0.569 bits per heavy atom. The molecule has 0 radical (unpaired) electrons. The number of nitrogens with zero attached hydrogens (tertiary/aromatic N) is 6. The Bertz CT molecular complexity index is 2240. The molecule has 0 saturated carbocycles. The molecule has 0 bridgehead atoms. The van der Waals surface area contributed by atoms with Crippen molar-refractivity contribution in [1.82, 2.24) is 29.9 Å². The normalized spacial score (nSPS) is 11.0. The number of para-hydroxylation sites is 2. The van der Waals surface area contributed by atoms with Crippen LogP contribution in [0.3, 0.4) is 0 Å². The van der Waals surface area contributed by atoms with Crippen LogP contribution in [0.2, 0.25) is 0 Å². The van der Waals surface area contributed by atoms with E-state index in [2.05, 4.69) is 51.2 Å². The first-order valence-corrected chi connectivity index (χ1v) is 16.4. The number of methoxy groups -OCH3 is 2. The molecule has 2 heterocycles. The van der Waals surface area contributed by atoms with Crippen LogP contribution in [0, 0.1) is 0 Å². The van der Waals surface area contributed by atoms with Gasteiger partial charge in [-0.15, -0.1) is 0 Å². The second-order valence-corrected chi connectivity index (χ2v) is 11.7. The number of rotatable bonds is 13. The number of ether oxygens (including phenoxy) is 2. The fraction of sp³-hybridized carbons (Fsp3) is 0.0588. The van der Waals surface area contributed by atoms with Crippen LogP contribution in [0.4, 0.5) is 46.5 Å². The van der Waals surface area contributed by atoms with Gasteiger partial charge in [-0.2, -0.15) is 38.3 Å². The topological polar surface area (TPSA) is 198 Å². The maximum atomic E-state index is 12.4. The van der Waals surface area contributed by atoms with Gasteiger partial charge in [0.2, 0.25) is 23.8 Å². The van der Waals surface area contributed by atoms with Crippen molar-refractivity contribution in [2.45, 2.75) is 4.90 Å². The summed E-state index contributed by atoms with van der Waals surface area (Å²) < 4.78 is 45.3. The first kappa shape index (κ1) is 36.6. The minimum Gasteiger partial charge on any atom is -1.00 e. The van der Waals surface area contributed by atoms with Gasteiger partial charge < -0.3 is 32.2 Å². The quantitative estimate of drug-likeness (QED) is 0.0660. The predicted molar refractivity (Wildman–Crippen MR) is 192 cm³/mol. The third-order valence-corrected chi connectivity index (χ3v) is 7.73. The molecule has 254 valence electrons. The first-order valence-electron chi connectivity index (χ1n) is 14.9. The third kappa shape index (κ3) is 10.2. The van der Waals surface area contributed by atoms with Crippen LogP contribution in [0.1, 0.15) is 12.6 Å². The Labute approximate surface area is 317 Å². The van der Waals surface area contributed by atoms with Crippen molar-refractivity contribution < 1.29 is 53.4 Å². The minimum absolute atomic E-state index is 0. The van der Waals surface area contributed by atoms with Crippen molar-refractivity contribution in [3.05, 3.63) is 114 Å². The summed E-state index contributed by atoms with van der Waals surface area (Å²) in [5, 5.41) is 12.3. The van der Waals surface area contributed by atoms with Gasteiger partial charge in [-0.1, -0.05) is 66.7 Å². The van der Waals surface area contributed by atoms with Crippen LogP contribution >= 0.6 is 0 Å². The van der Waals surface area contributed by atoms with Gasteiger partial charge in [0.25, 0.3) is 10.1 Å². The molecule has 5 N–H and O–H groups in total. The molecular formula is C34H31N10NaO5S. The number of nitrogens with one attached hydrogen (secondary N) is 4. The molecule has 6 rings (SSSR count). The van der Waals surface area contributed by atoms with E-state index < -0.39 is 10.1 Å². The van der Waals surface area contributed by atoms with Crippen molar-refractivity contribution in [2.24, 2.45) is 0 Å². The Morgan fingerprint density at radius 3 is 1.41 bits per heavy atom. The summed E-state index contributed by atoms with van der Waals surface area (Å²) in [6.07, 6.45) is 3.30. The van der Waals surface area contributed by atoms with E-state index in [0.717, 1.165) is 16.9 Å². The van der Waals surface area contributed by atoms with Crippen LogP contribution in [-0.2, 0) is 10.1 Å². The van der Waals surface area contributed by atoms with Crippen molar-refractivity contribution in [3.8, 4) is 12.0 Å². The van der Waals surface area contributed by atoms with E-state index in [9.17, 15) is 13.0 Å². The zero-order valence-electron chi connectivity index (χ0n) is 28.6. The molecule has 0 atom stereocenters. The number of hydrogen-bond donors (Lipinski definition) is 5. The van der Waals surface area contributed by atoms with Crippen LogP contribution in [0.15, 0.2) is 108 Å². The molecule has 51 heavy (non-hydrogen) atoms. The van der Waals surface area contributed by atoms with Crippen molar-refractivity contribution in [1.29, 1.82) is 0 Å². The van der Waals surface area contributed by atoms with Gasteiger partial charge in [0.1, 0.15) is 4.90 Å². The van der Waals surface area contributed by atoms with E-state index >= 15 is 0 Å². The second kappa shape index (κ2) is 16.8. The molecule has 17 heteroatoms. The molecule has 0 unspecified atom stereocenters. The Kier molecular flexibility index (Phi) is 12.1. The standard InChI is InChI=1S/C34H30N10O5S.Na.H/c1-48-33-41-29(35-24-9-5-3-6-10-24)39-31(43-33)37-26-18-14-22(15-19-26)13-16-23-17-20-27(21-28(23)50(45,46)47)38-32-40-30(42-34(44-32)49-2)36-25-11-7-4-8-12-25;;/h3-21H,1-2H3,(H,45,46,47)(H2,35,37,39,41,43)(H2,36,38,40,42,44);;/q;+1;-1. The molecule has 0 aliphatic rings. The zero-order chi connectivity index (χ0) is 34.9. The van der Waals surface area contributed by atoms with E-state index in [1.54, 1.807) is 36.4 Å². The summed E-state index contributed by atoms with van der Waals surface area (Å²) in [6.45, 7) is 0. The smallest absolute Gasteiger partial charge is 1.00 e. The molecule has 15 nitrogen and oxygen atoms in total. The summed E-state index contributed by atoms with van der Waals surface area (Å²) in [5.41, 5.74) is 3.56. The van der Waals surface area contributed by atoms with Gasteiger partial charge in [-0.3, -0.25) is 4.55 Å². The van der Waals surface area contributed by atoms with Crippen LogP contribution in [-0.4, -0.2) is 57.1 Å². The molecule has 0 spiro atoms. The Balaban J connectivity index is 0.00000302. The first-order chi connectivity index (χ1) is 24.2. The summed E-state index contributed by atoms with van der Waals surface area (Å²) >= 11 is 0. The maximum absolute atomic E-state index is 12.4. The summed E-state index contributed by atoms with van der Waals surface area (Å²) in [6, 6.07) is 30.6. The molecule has 0 aliphatic heterocycles. The van der Waals surface area contributed by atoms with Crippen molar-refractivity contribution in [2.75, 3.05) is 35.5 Å². The number of anilines is 8. The fourth-order valence-electron chi connectivity index (χ4n) is 4.52. The molecule has 0 saturated heterocycles. The molecule has 4 aromatic carbocycles. The maximum Gasteiger partial charge on any atom is 1.00 e. The van der Waals surface area contributed by atoms with E-state index in [1.165, 1.54) is 20.3 Å². The van der Waals surface area contributed by atoms with E-state index in [1.807, 2.05) is 72.8 Å². The van der Waals surface area contributed by atoms with Gasteiger partial charge in [0.05, 0.1) is 14.2 Å². The Morgan fingerprint density at radius 2 is 0.980 bits per heavy atom. The van der Waals surface area contributed by atoms with Crippen LogP contribution < -0.4 is 60.3 Å². The van der Waals surface area contributed by atoms with Crippen molar-refractivity contribution >= 4 is 68.8 Å². The predicted octanol–water partition coefficient (Wildman–Crippen LogP) is 3.58. The van der Waals surface area contributed by atoms with Crippen LogP contribution in [0.5, 0.6) is 12.0 Å². The van der Waals surface area contributed by atoms with Gasteiger partial charge in [-0.05, 0) is 59.7 Å². The average molecular weight is 715 g/mol. The molecule has 0 aliphatic carbocycles.